The van der Waals surface area contributed by atoms with Crippen LogP contribution in [0.15, 0.2) is 88.1 Å². The Morgan fingerprint density at radius 1 is 0.969 bits per heavy atom. The summed E-state index contributed by atoms with van der Waals surface area (Å²) in [7, 11) is 3.85. The highest BCUT2D eigenvalue weighted by Crippen LogP contribution is 2.21. The molecule has 0 atom stereocenters. The normalized spacial score (nSPS) is 11.4. The highest BCUT2D eigenvalue weighted by molar-refractivity contribution is 6.01. The lowest BCUT2D eigenvalue weighted by Crippen LogP contribution is -2.19. The van der Waals surface area contributed by atoms with Crippen molar-refractivity contribution < 1.29 is 9.72 Å². The Balaban J connectivity index is 1.90. The van der Waals surface area contributed by atoms with Gasteiger partial charge >= 0.3 is 0 Å². The largest absolute Gasteiger partial charge is 0.378 e. The summed E-state index contributed by atoms with van der Waals surface area (Å²) in [5, 5.41) is 23.4. The number of carbonyl (C=O) groups is 1. The van der Waals surface area contributed by atoms with E-state index in [2.05, 4.69) is 20.8 Å². The monoisotopic (exact) mass is 430 g/mol. The number of azo groups is 1. The van der Waals surface area contributed by atoms with Gasteiger partial charge in [0, 0.05) is 43.0 Å². The maximum Gasteiger partial charge on any atom is 0.271 e. The Labute approximate surface area is 185 Å². The number of benzene rings is 3. The number of hydrogen-bond acceptors (Lipinski definition) is 6. The lowest BCUT2D eigenvalue weighted by atomic mass is 10.1. The van der Waals surface area contributed by atoms with Crippen LogP contribution in [0.5, 0.6) is 0 Å². The van der Waals surface area contributed by atoms with Gasteiger partial charge in [-0.25, -0.2) is 5.43 Å². The molecular weight excluding hydrogens is 408 g/mol. The van der Waals surface area contributed by atoms with Gasteiger partial charge in [0.25, 0.3) is 11.6 Å². The lowest BCUT2D eigenvalue weighted by Gasteiger charge is -2.12. The molecule has 0 fully saturated rings. The number of hydrazone groups is 1. The van der Waals surface area contributed by atoms with E-state index in [0.717, 1.165) is 11.3 Å². The van der Waals surface area contributed by atoms with Crippen molar-refractivity contribution in [1.82, 2.24) is 5.43 Å². The Bertz CT molecular complexity index is 1170. The van der Waals surface area contributed by atoms with E-state index in [-0.39, 0.29) is 11.5 Å². The summed E-state index contributed by atoms with van der Waals surface area (Å²) in [6, 6.07) is 20.2. The third kappa shape index (κ3) is 5.82. The summed E-state index contributed by atoms with van der Waals surface area (Å²) < 4.78 is 0. The van der Waals surface area contributed by atoms with Crippen molar-refractivity contribution in [2.24, 2.45) is 15.3 Å². The van der Waals surface area contributed by atoms with Gasteiger partial charge in [-0.05, 0) is 49.4 Å². The SMILES string of the molecule is Cc1ccc(C(=O)N/N=C(\N=Nc2cccc([N+](=O)[O-])c2)c2ccc(N(C)C)cc2)cc1. The van der Waals surface area contributed by atoms with Gasteiger partial charge in [0.15, 0.2) is 0 Å². The zero-order valence-electron chi connectivity index (χ0n) is 17.9. The maximum atomic E-state index is 12.5. The van der Waals surface area contributed by atoms with Crippen LogP contribution in [0.3, 0.4) is 0 Å². The van der Waals surface area contributed by atoms with Crippen molar-refractivity contribution >= 4 is 28.8 Å². The Hall–Kier alpha value is -4.40. The summed E-state index contributed by atoms with van der Waals surface area (Å²) >= 11 is 0. The topological polar surface area (TPSA) is 113 Å². The van der Waals surface area contributed by atoms with E-state index in [9.17, 15) is 14.9 Å². The standard InChI is InChI=1S/C23H22N6O3/c1-16-7-9-18(10-8-16)23(30)27-26-22(17-11-13-20(14-12-17)28(2)3)25-24-19-5-4-6-21(15-19)29(31)32/h4-15H,1-3H3,(H,27,30)/b25-24?,26-22-. The van der Waals surface area contributed by atoms with E-state index in [1.807, 2.05) is 50.2 Å². The number of carbonyl (C=O) groups excluding carboxylic acids is 1. The first-order valence-corrected chi connectivity index (χ1v) is 9.72. The molecule has 0 spiro atoms. The van der Waals surface area contributed by atoms with Crippen LogP contribution in [0.25, 0.3) is 0 Å². The summed E-state index contributed by atoms with van der Waals surface area (Å²) in [4.78, 5) is 24.9. The van der Waals surface area contributed by atoms with Crippen molar-refractivity contribution in [2.45, 2.75) is 6.92 Å². The Morgan fingerprint density at radius 3 is 2.25 bits per heavy atom. The highest BCUT2D eigenvalue weighted by Gasteiger charge is 2.09. The van der Waals surface area contributed by atoms with Gasteiger partial charge in [-0.15, -0.1) is 15.3 Å². The van der Waals surface area contributed by atoms with E-state index in [1.54, 1.807) is 30.3 Å². The fourth-order valence-corrected chi connectivity index (χ4v) is 2.70. The van der Waals surface area contributed by atoms with E-state index < -0.39 is 10.8 Å². The van der Waals surface area contributed by atoms with Crippen molar-refractivity contribution in [2.75, 3.05) is 19.0 Å². The lowest BCUT2D eigenvalue weighted by molar-refractivity contribution is -0.384. The molecule has 0 bridgehead atoms. The smallest absolute Gasteiger partial charge is 0.271 e. The minimum absolute atomic E-state index is 0.0945. The molecule has 3 aromatic carbocycles. The number of amides is 1. The zero-order valence-corrected chi connectivity index (χ0v) is 17.9. The molecule has 0 aliphatic heterocycles. The first kappa shape index (κ1) is 22.3. The number of nitrogens with zero attached hydrogens (tertiary/aromatic N) is 5. The van der Waals surface area contributed by atoms with Crippen LogP contribution in [-0.2, 0) is 0 Å². The van der Waals surface area contributed by atoms with Crippen LogP contribution in [0.2, 0.25) is 0 Å². The van der Waals surface area contributed by atoms with Crippen molar-refractivity contribution in [3.8, 4) is 0 Å². The molecule has 9 nitrogen and oxygen atoms in total. The van der Waals surface area contributed by atoms with Crippen LogP contribution in [0, 0.1) is 17.0 Å². The molecule has 32 heavy (non-hydrogen) atoms. The molecule has 0 unspecified atom stereocenters. The molecule has 0 aliphatic carbocycles. The fraction of sp³-hybridized carbons (Fsp3) is 0.130. The molecule has 0 saturated carbocycles. The van der Waals surface area contributed by atoms with E-state index in [1.165, 1.54) is 18.2 Å². The molecule has 9 heteroatoms. The predicted octanol–water partition coefficient (Wildman–Crippen LogP) is 4.84. The second-order valence-corrected chi connectivity index (χ2v) is 7.16. The summed E-state index contributed by atoms with van der Waals surface area (Å²) in [5.74, 6) is -0.236. The number of aryl methyl sites for hydroxylation is 1. The van der Waals surface area contributed by atoms with Crippen LogP contribution in [0.1, 0.15) is 21.5 Å². The Morgan fingerprint density at radius 2 is 1.62 bits per heavy atom. The van der Waals surface area contributed by atoms with Crippen molar-refractivity contribution in [3.63, 3.8) is 0 Å². The summed E-state index contributed by atoms with van der Waals surface area (Å²) in [5.41, 5.74) is 5.79. The van der Waals surface area contributed by atoms with E-state index >= 15 is 0 Å². The van der Waals surface area contributed by atoms with Gasteiger partial charge < -0.3 is 4.90 Å². The maximum absolute atomic E-state index is 12.5. The Kier molecular flexibility index (Phi) is 7.02. The number of nitro benzene ring substituents is 1. The molecule has 0 radical (unpaired) electrons. The predicted molar refractivity (Wildman–Crippen MR) is 124 cm³/mol. The molecule has 1 amide bonds. The summed E-state index contributed by atoms with van der Waals surface area (Å²) in [6.45, 7) is 1.93. The van der Waals surface area contributed by atoms with E-state index in [0.29, 0.717) is 16.8 Å². The number of amidine groups is 1. The third-order valence-electron chi connectivity index (χ3n) is 4.52. The van der Waals surface area contributed by atoms with Gasteiger partial charge in [-0.3, -0.25) is 14.9 Å². The molecule has 0 aromatic heterocycles. The van der Waals surface area contributed by atoms with Gasteiger partial charge in [0.05, 0.1) is 10.6 Å². The first-order valence-electron chi connectivity index (χ1n) is 9.72. The molecule has 0 heterocycles. The van der Waals surface area contributed by atoms with E-state index in [4.69, 9.17) is 0 Å². The second-order valence-electron chi connectivity index (χ2n) is 7.16. The number of rotatable bonds is 6. The molecular formula is C23H22N6O3. The molecule has 0 saturated heterocycles. The highest BCUT2D eigenvalue weighted by atomic mass is 16.6. The zero-order chi connectivity index (χ0) is 23.1. The molecule has 1 N–H and O–H groups in total. The second kappa shape index (κ2) is 10.1. The number of non-ortho nitro benzene ring substituents is 1. The quantitative estimate of drug-likeness (QED) is 0.198. The van der Waals surface area contributed by atoms with Crippen LogP contribution in [-0.4, -0.2) is 30.8 Å². The van der Waals surface area contributed by atoms with Gasteiger partial charge in [-0.2, -0.15) is 0 Å². The van der Waals surface area contributed by atoms with Crippen LogP contribution in [0.4, 0.5) is 17.1 Å². The van der Waals surface area contributed by atoms with Crippen molar-refractivity contribution in [1.29, 1.82) is 0 Å². The summed E-state index contributed by atoms with van der Waals surface area (Å²) in [6.07, 6.45) is 0. The first-order chi connectivity index (χ1) is 15.3. The van der Waals surface area contributed by atoms with Gasteiger partial charge in [0.2, 0.25) is 5.84 Å². The fourth-order valence-electron chi connectivity index (χ4n) is 2.70. The average molecular weight is 430 g/mol. The number of nitro groups is 1. The van der Waals surface area contributed by atoms with Gasteiger partial charge in [-0.1, -0.05) is 23.8 Å². The van der Waals surface area contributed by atoms with Gasteiger partial charge in [0.1, 0.15) is 0 Å². The minimum atomic E-state index is -0.504. The molecule has 3 aromatic rings. The third-order valence-corrected chi connectivity index (χ3v) is 4.52. The number of nitrogens with one attached hydrogen (secondary N) is 1. The number of anilines is 1. The minimum Gasteiger partial charge on any atom is -0.378 e. The van der Waals surface area contributed by atoms with Crippen molar-refractivity contribution in [3.05, 3.63) is 99.6 Å². The number of hydrogen-bond donors (Lipinski definition) is 1. The van der Waals surface area contributed by atoms with Crippen LogP contribution >= 0.6 is 0 Å². The molecule has 0 aliphatic rings. The average Bonchev–Trinajstić information content (AvgIpc) is 2.79. The molecule has 3 rings (SSSR count). The van der Waals surface area contributed by atoms with Crippen LogP contribution < -0.4 is 10.3 Å². The molecule has 162 valence electrons.